The zero-order chi connectivity index (χ0) is 19.8. The van der Waals surface area contributed by atoms with E-state index in [1.54, 1.807) is 11.9 Å². The van der Waals surface area contributed by atoms with Gasteiger partial charge in [0.05, 0.1) is 37.4 Å². The highest BCUT2D eigenvalue weighted by atomic mass is 35.5. The SMILES string of the molecule is CN(CC1OCCO1)C(=O)c1cn2c(nc3ccc(CN[C@@H]4CCOC4)cc32)s1.Cl.Cl. The highest BCUT2D eigenvalue weighted by Crippen LogP contribution is 2.26. The van der Waals surface area contributed by atoms with Crippen LogP contribution in [0.2, 0.25) is 0 Å². The highest BCUT2D eigenvalue weighted by Gasteiger charge is 2.23. The topological polar surface area (TPSA) is 77.3 Å². The number of hydrogen-bond acceptors (Lipinski definition) is 7. The molecule has 8 nitrogen and oxygen atoms in total. The predicted octanol–water partition coefficient (Wildman–Crippen LogP) is 2.72. The Morgan fingerprint density at radius 1 is 1.29 bits per heavy atom. The largest absolute Gasteiger partial charge is 0.380 e. The summed E-state index contributed by atoms with van der Waals surface area (Å²) in [7, 11) is 1.77. The highest BCUT2D eigenvalue weighted by molar-refractivity contribution is 7.18. The number of thiazole rings is 1. The van der Waals surface area contributed by atoms with Crippen molar-refractivity contribution in [1.29, 1.82) is 0 Å². The number of fused-ring (bicyclic) bond motifs is 3. The number of benzene rings is 1. The van der Waals surface area contributed by atoms with E-state index in [1.165, 1.54) is 16.9 Å². The third-order valence-corrected chi connectivity index (χ3v) is 6.34. The van der Waals surface area contributed by atoms with Crippen LogP contribution in [0.4, 0.5) is 0 Å². The summed E-state index contributed by atoms with van der Waals surface area (Å²) in [5, 5.41) is 3.54. The summed E-state index contributed by atoms with van der Waals surface area (Å²) in [5.74, 6) is -0.0493. The van der Waals surface area contributed by atoms with Crippen molar-refractivity contribution >= 4 is 58.1 Å². The molecule has 1 N–H and O–H groups in total. The van der Waals surface area contributed by atoms with Crippen LogP contribution in [0.3, 0.4) is 0 Å². The minimum Gasteiger partial charge on any atom is -0.380 e. The van der Waals surface area contributed by atoms with Crippen molar-refractivity contribution in [2.75, 3.05) is 40.0 Å². The lowest BCUT2D eigenvalue weighted by atomic mass is 10.2. The van der Waals surface area contributed by atoms with Crippen LogP contribution in [0, 0.1) is 0 Å². The molecule has 1 atom stereocenters. The van der Waals surface area contributed by atoms with E-state index in [2.05, 4.69) is 22.4 Å². The number of nitrogens with one attached hydrogen (secondary N) is 1. The maximum absolute atomic E-state index is 12.8. The molecule has 3 aromatic rings. The Hall–Kier alpha value is -1.46. The first-order chi connectivity index (χ1) is 14.2. The number of ether oxygens (including phenoxy) is 3. The third kappa shape index (κ3) is 5.14. The van der Waals surface area contributed by atoms with Gasteiger partial charge in [-0.2, -0.15) is 0 Å². The smallest absolute Gasteiger partial charge is 0.265 e. The van der Waals surface area contributed by atoms with Crippen molar-refractivity contribution in [2.24, 2.45) is 0 Å². The molecule has 0 radical (unpaired) electrons. The molecule has 1 amide bonds. The van der Waals surface area contributed by atoms with E-state index in [4.69, 9.17) is 14.2 Å². The number of amides is 1. The lowest BCUT2D eigenvalue weighted by Crippen LogP contribution is -2.34. The van der Waals surface area contributed by atoms with Gasteiger partial charge in [0.15, 0.2) is 11.3 Å². The molecule has 31 heavy (non-hydrogen) atoms. The van der Waals surface area contributed by atoms with Crippen molar-refractivity contribution in [3.63, 3.8) is 0 Å². The van der Waals surface area contributed by atoms with Crippen molar-refractivity contribution in [3.05, 3.63) is 34.8 Å². The number of hydrogen-bond donors (Lipinski definition) is 1. The minimum atomic E-state index is -0.339. The molecule has 0 saturated carbocycles. The number of nitrogens with zero attached hydrogens (tertiary/aromatic N) is 3. The van der Waals surface area contributed by atoms with Gasteiger partial charge in [-0.1, -0.05) is 17.4 Å². The Morgan fingerprint density at radius 3 is 2.84 bits per heavy atom. The lowest BCUT2D eigenvalue weighted by Gasteiger charge is -2.19. The first-order valence-corrected chi connectivity index (χ1v) is 10.7. The maximum atomic E-state index is 12.8. The molecule has 170 valence electrons. The van der Waals surface area contributed by atoms with Gasteiger partial charge in [0.2, 0.25) is 0 Å². The minimum absolute atomic E-state index is 0. The molecule has 0 spiro atoms. The molecule has 11 heteroatoms. The lowest BCUT2D eigenvalue weighted by molar-refractivity contribution is -0.0542. The quantitative estimate of drug-likeness (QED) is 0.574. The first-order valence-electron chi connectivity index (χ1n) is 9.88. The summed E-state index contributed by atoms with van der Waals surface area (Å²) in [6.45, 7) is 3.98. The van der Waals surface area contributed by atoms with Crippen molar-refractivity contribution in [1.82, 2.24) is 19.6 Å². The molecular weight excluding hydrogens is 463 g/mol. The molecule has 1 aromatic carbocycles. The fourth-order valence-corrected chi connectivity index (χ4v) is 4.72. The second-order valence-corrected chi connectivity index (χ2v) is 8.49. The second-order valence-electron chi connectivity index (χ2n) is 7.48. The normalized spacial score (nSPS) is 18.9. The number of carbonyl (C=O) groups is 1. The predicted molar refractivity (Wildman–Crippen MR) is 124 cm³/mol. The van der Waals surface area contributed by atoms with Gasteiger partial charge < -0.3 is 24.4 Å². The zero-order valence-corrected chi connectivity index (χ0v) is 19.6. The molecule has 4 heterocycles. The fourth-order valence-electron chi connectivity index (χ4n) is 3.73. The second kappa shape index (κ2) is 10.4. The van der Waals surface area contributed by atoms with Gasteiger partial charge in [-0.3, -0.25) is 9.20 Å². The molecule has 2 saturated heterocycles. The van der Waals surface area contributed by atoms with Crippen LogP contribution >= 0.6 is 36.2 Å². The monoisotopic (exact) mass is 488 g/mol. The van der Waals surface area contributed by atoms with Crippen molar-refractivity contribution < 1.29 is 19.0 Å². The summed E-state index contributed by atoms with van der Waals surface area (Å²) in [6.07, 6.45) is 2.60. The zero-order valence-electron chi connectivity index (χ0n) is 17.1. The third-order valence-electron chi connectivity index (χ3n) is 5.36. The van der Waals surface area contributed by atoms with Gasteiger partial charge in [-0.25, -0.2) is 4.98 Å². The van der Waals surface area contributed by atoms with Gasteiger partial charge in [-0.15, -0.1) is 24.8 Å². The Morgan fingerprint density at radius 2 is 2.10 bits per heavy atom. The Labute approximate surface area is 196 Å². The summed E-state index contributed by atoms with van der Waals surface area (Å²) < 4.78 is 18.3. The number of rotatable bonds is 6. The Bertz CT molecular complexity index is 1030. The summed E-state index contributed by atoms with van der Waals surface area (Å²) in [4.78, 5) is 20.6. The number of imidazole rings is 1. The average molecular weight is 489 g/mol. The van der Waals surface area contributed by atoms with Gasteiger partial charge in [0.25, 0.3) is 5.91 Å². The van der Waals surface area contributed by atoms with Crippen molar-refractivity contribution in [2.45, 2.75) is 25.3 Å². The van der Waals surface area contributed by atoms with E-state index in [9.17, 15) is 4.79 Å². The van der Waals surface area contributed by atoms with E-state index in [0.29, 0.717) is 30.7 Å². The molecule has 2 aliphatic rings. The van der Waals surface area contributed by atoms with Crippen LogP contribution in [0.5, 0.6) is 0 Å². The number of carbonyl (C=O) groups excluding carboxylic acids is 1. The van der Waals surface area contributed by atoms with E-state index in [-0.39, 0.29) is 37.0 Å². The van der Waals surface area contributed by atoms with Crippen LogP contribution in [-0.4, -0.2) is 72.5 Å². The Balaban J connectivity index is 0.00000136. The van der Waals surface area contributed by atoms with Gasteiger partial charge >= 0.3 is 0 Å². The number of aromatic nitrogens is 2. The molecule has 0 unspecified atom stereocenters. The number of likely N-dealkylation sites (N-methyl/N-ethyl adjacent to an activating group) is 1. The van der Waals surface area contributed by atoms with Gasteiger partial charge in [0.1, 0.15) is 4.88 Å². The molecular formula is C20H26Cl2N4O4S. The number of halogens is 2. The van der Waals surface area contributed by atoms with Crippen LogP contribution in [0.25, 0.3) is 16.0 Å². The van der Waals surface area contributed by atoms with E-state index >= 15 is 0 Å². The first kappa shape index (κ1) is 24.2. The summed E-state index contributed by atoms with van der Waals surface area (Å²) >= 11 is 1.40. The summed E-state index contributed by atoms with van der Waals surface area (Å²) in [6, 6.07) is 6.71. The molecule has 2 fully saturated rings. The van der Waals surface area contributed by atoms with Crippen LogP contribution in [0.1, 0.15) is 21.7 Å². The van der Waals surface area contributed by atoms with Crippen LogP contribution in [0.15, 0.2) is 24.4 Å². The maximum Gasteiger partial charge on any atom is 0.265 e. The van der Waals surface area contributed by atoms with Gasteiger partial charge in [0, 0.05) is 32.4 Å². The standard InChI is InChI=1S/C20H24N4O4S.2ClH/c1-23(11-18-27-6-7-28-18)19(25)17-10-24-16-8-13(9-21-14-4-5-26-12-14)2-3-15(16)22-20(24)29-17;;/h2-3,8,10,14,18,21H,4-7,9,11-12H2,1H3;2*1H/t14-;;/m1../s1. The molecule has 0 aliphatic carbocycles. The summed E-state index contributed by atoms with van der Waals surface area (Å²) in [5.41, 5.74) is 3.14. The molecule has 0 bridgehead atoms. The van der Waals surface area contributed by atoms with Crippen LogP contribution < -0.4 is 5.32 Å². The molecule has 5 rings (SSSR count). The molecule has 2 aliphatic heterocycles. The van der Waals surface area contributed by atoms with Crippen molar-refractivity contribution in [3.8, 4) is 0 Å². The van der Waals surface area contributed by atoms with Gasteiger partial charge in [-0.05, 0) is 24.1 Å². The molecule has 2 aromatic heterocycles. The van der Waals surface area contributed by atoms with Crippen LogP contribution in [-0.2, 0) is 20.8 Å². The van der Waals surface area contributed by atoms with E-state index < -0.39 is 0 Å². The van der Waals surface area contributed by atoms with E-state index in [1.807, 2.05) is 16.7 Å². The Kier molecular flexibility index (Phi) is 8.14. The average Bonchev–Trinajstić information content (AvgIpc) is 3.49. The van der Waals surface area contributed by atoms with E-state index in [0.717, 1.165) is 42.2 Å². The fraction of sp³-hybridized carbons (Fsp3) is 0.500.